The molecule has 2 aliphatic heterocycles. The zero-order chi connectivity index (χ0) is 14.4. The molecule has 2 aromatic rings. The summed E-state index contributed by atoms with van der Waals surface area (Å²) >= 11 is 0. The van der Waals surface area contributed by atoms with Crippen LogP contribution >= 0.6 is 0 Å². The number of amides is 1. The molecule has 0 aromatic heterocycles. The van der Waals surface area contributed by atoms with Crippen LogP contribution in [0.4, 0.5) is 10.5 Å². The molecule has 2 atom stereocenters. The average Bonchev–Trinajstić information content (AvgIpc) is 2.85. The summed E-state index contributed by atoms with van der Waals surface area (Å²) in [5.41, 5.74) is 2.88. The topological polar surface area (TPSA) is 49.8 Å². The van der Waals surface area contributed by atoms with Crippen LogP contribution in [0.1, 0.15) is 23.7 Å². The average molecular weight is 281 g/mol. The molecule has 0 radical (unpaired) electrons. The second-order valence-electron chi connectivity index (χ2n) is 5.50. The van der Waals surface area contributed by atoms with Crippen LogP contribution in [0.2, 0.25) is 0 Å². The number of rotatable bonds is 1. The first kappa shape index (κ1) is 12.3. The van der Waals surface area contributed by atoms with Gasteiger partial charge in [0.15, 0.2) is 0 Å². The molecule has 1 saturated heterocycles. The van der Waals surface area contributed by atoms with Crippen molar-refractivity contribution < 1.29 is 14.6 Å². The maximum absolute atomic E-state index is 12.3. The van der Waals surface area contributed by atoms with E-state index in [-0.39, 0.29) is 24.0 Å². The Morgan fingerprint density at radius 2 is 1.95 bits per heavy atom. The lowest BCUT2D eigenvalue weighted by atomic mass is 9.91. The van der Waals surface area contributed by atoms with Gasteiger partial charge in [-0.1, -0.05) is 30.3 Å². The lowest BCUT2D eigenvalue weighted by Crippen LogP contribution is -2.38. The number of hydrogen-bond acceptors (Lipinski definition) is 3. The van der Waals surface area contributed by atoms with Gasteiger partial charge in [0.1, 0.15) is 11.9 Å². The number of anilines is 1. The van der Waals surface area contributed by atoms with Gasteiger partial charge in [-0.15, -0.1) is 0 Å². The first-order chi connectivity index (χ1) is 10.2. The molecule has 2 aromatic carbocycles. The van der Waals surface area contributed by atoms with Crippen molar-refractivity contribution in [1.82, 2.24) is 0 Å². The van der Waals surface area contributed by atoms with Crippen molar-refractivity contribution in [3.05, 3.63) is 59.7 Å². The molecule has 4 heteroatoms. The Morgan fingerprint density at radius 1 is 1.14 bits per heavy atom. The van der Waals surface area contributed by atoms with Gasteiger partial charge in [-0.2, -0.15) is 0 Å². The highest BCUT2D eigenvalue weighted by Crippen LogP contribution is 2.43. The van der Waals surface area contributed by atoms with E-state index in [4.69, 9.17) is 4.74 Å². The highest BCUT2D eigenvalue weighted by molar-refractivity contribution is 5.92. The lowest BCUT2D eigenvalue weighted by Gasteiger charge is -2.31. The largest absolute Gasteiger partial charge is 0.508 e. The van der Waals surface area contributed by atoms with Crippen LogP contribution < -0.4 is 4.90 Å². The van der Waals surface area contributed by atoms with Gasteiger partial charge in [0, 0.05) is 0 Å². The standard InChI is InChI=1S/C17H15NO3/c19-13-7-9-14-12(10-13)6-8-15-16(21-17(20)18(14)15)11-4-2-1-3-5-11/h1-5,7,9-10,15-16,19H,6,8H2. The Kier molecular flexibility index (Phi) is 2.64. The second kappa shape index (κ2) is 4.52. The van der Waals surface area contributed by atoms with Crippen LogP contribution in [0.5, 0.6) is 5.75 Å². The van der Waals surface area contributed by atoms with E-state index in [1.807, 2.05) is 30.3 Å². The Labute approximate surface area is 122 Å². The van der Waals surface area contributed by atoms with Gasteiger partial charge in [0.2, 0.25) is 0 Å². The molecule has 0 aliphatic carbocycles. The molecule has 0 spiro atoms. The van der Waals surface area contributed by atoms with Gasteiger partial charge < -0.3 is 9.84 Å². The van der Waals surface area contributed by atoms with Crippen LogP contribution in [0.25, 0.3) is 0 Å². The zero-order valence-corrected chi connectivity index (χ0v) is 11.4. The number of carbonyl (C=O) groups is 1. The summed E-state index contributed by atoms with van der Waals surface area (Å²) in [6, 6.07) is 15.0. The number of hydrogen-bond donors (Lipinski definition) is 1. The van der Waals surface area contributed by atoms with Crippen molar-refractivity contribution in [3.8, 4) is 5.75 Å². The van der Waals surface area contributed by atoms with E-state index in [0.29, 0.717) is 0 Å². The summed E-state index contributed by atoms with van der Waals surface area (Å²) < 4.78 is 5.61. The molecule has 4 rings (SSSR count). The molecule has 0 saturated carbocycles. The highest BCUT2D eigenvalue weighted by atomic mass is 16.6. The van der Waals surface area contributed by atoms with Gasteiger partial charge in [0.05, 0.1) is 11.7 Å². The SMILES string of the molecule is O=C1OC(c2ccccc2)C2CCc3cc(O)ccc3N12. The van der Waals surface area contributed by atoms with E-state index in [1.54, 1.807) is 23.1 Å². The minimum atomic E-state index is -0.305. The minimum absolute atomic E-state index is 0.0249. The molecule has 2 unspecified atom stereocenters. The number of fused-ring (bicyclic) bond motifs is 3. The molecular formula is C17H15NO3. The quantitative estimate of drug-likeness (QED) is 0.871. The Hall–Kier alpha value is -2.49. The van der Waals surface area contributed by atoms with Crippen molar-refractivity contribution in [2.45, 2.75) is 25.0 Å². The van der Waals surface area contributed by atoms with Gasteiger partial charge >= 0.3 is 6.09 Å². The number of phenols is 1. The van der Waals surface area contributed by atoms with Crippen LogP contribution in [-0.4, -0.2) is 17.2 Å². The molecule has 1 amide bonds. The first-order valence-electron chi connectivity index (χ1n) is 7.11. The third-order valence-electron chi connectivity index (χ3n) is 4.27. The molecule has 2 heterocycles. The Bertz CT molecular complexity index is 698. The number of carbonyl (C=O) groups excluding carboxylic acids is 1. The van der Waals surface area contributed by atoms with Crippen molar-refractivity contribution in [3.63, 3.8) is 0 Å². The minimum Gasteiger partial charge on any atom is -0.508 e. The van der Waals surface area contributed by atoms with E-state index >= 15 is 0 Å². The highest BCUT2D eigenvalue weighted by Gasteiger charge is 2.45. The molecule has 0 bridgehead atoms. The fourth-order valence-electron chi connectivity index (χ4n) is 3.32. The number of phenolic OH excluding ortho intramolecular Hbond substituents is 1. The number of nitrogens with zero attached hydrogens (tertiary/aromatic N) is 1. The van der Waals surface area contributed by atoms with Crippen LogP contribution in [-0.2, 0) is 11.2 Å². The fraction of sp³-hybridized carbons (Fsp3) is 0.235. The summed E-state index contributed by atoms with van der Waals surface area (Å²) in [5, 5.41) is 9.59. The fourth-order valence-corrected chi connectivity index (χ4v) is 3.32. The predicted octanol–water partition coefficient (Wildman–Crippen LogP) is 3.40. The summed E-state index contributed by atoms with van der Waals surface area (Å²) in [6.45, 7) is 0. The normalized spacial score (nSPS) is 23.4. The number of ether oxygens (including phenoxy) is 1. The monoisotopic (exact) mass is 281 g/mol. The summed E-state index contributed by atoms with van der Waals surface area (Å²) in [7, 11) is 0. The van der Waals surface area contributed by atoms with E-state index in [0.717, 1.165) is 29.7 Å². The molecule has 2 aliphatic rings. The van der Waals surface area contributed by atoms with Crippen LogP contribution in [0.3, 0.4) is 0 Å². The maximum Gasteiger partial charge on any atom is 0.415 e. The first-order valence-corrected chi connectivity index (χ1v) is 7.11. The van der Waals surface area contributed by atoms with E-state index in [2.05, 4.69) is 0 Å². The summed E-state index contributed by atoms with van der Waals surface area (Å²) in [4.78, 5) is 14.0. The van der Waals surface area contributed by atoms with Gasteiger partial charge in [-0.3, -0.25) is 4.90 Å². The molecule has 1 N–H and O–H groups in total. The predicted molar refractivity (Wildman–Crippen MR) is 78.4 cm³/mol. The molecule has 106 valence electrons. The number of aromatic hydroxyl groups is 1. The Balaban J connectivity index is 1.75. The van der Waals surface area contributed by atoms with Crippen LogP contribution in [0.15, 0.2) is 48.5 Å². The molecule has 4 nitrogen and oxygen atoms in total. The maximum atomic E-state index is 12.3. The van der Waals surface area contributed by atoms with Gasteiger partial charge in [-0.05, 0) is 42.2 Å². The van der Waals surface area contributed by atoms with Gasteiger partial charge in [0.25, 0.3) is 0 Å². The third-order valence-corrected chi connectivity index (χ3v) is 4.27. The van der Waals surface area contributed by atoms with E-state index in [9.17, 15) is 9.90 Å². The zero-order valence-electron chi connectivity index (χ0n) is 11.4. The van der Waals surface area contributed by atoms with Crippen molar-refractivity contribution in [1.29, 1.82) is 0 Å². The summed E-state index contributed by atoms with van der Waals surface area (Å²) in [6.07, 6.45) is 1.15. The summed E-state index contributed by atoms with van der Waals surface area (Å²) in [5.74, 6) is 0.236. The number of benzene rings is 2. The van der Waals surface area contributed by atoms with Crippen molar-refractivity contribution >= 4 is 11.8 Å². The molecule has 21 heavy (non-hydrogen) atoms. The smallest absolute Gasteiger partial charge is 0.415 e. The number of cyclic esters (lactones) is 1. The van der Waals surface area contributed by atoms with Crippen LogP contribution in [0, 0.1) is 0 Å². The van der Waals surface area contributed by atoms with Crippen molar-refractivity contribution in [2.75, 3.05) is 4.90 Å². The third kappa shape index (κ3) is 1.87. The van der Waals surface area contributed by atoms with E-state index in [1.165, 1.54) is 0 Å². The number of aryl methyl sites for hydroxylation is 1. The molecule has 1 fully saturated rings. The lowest BCUT2D eigenvalue weighted by molar-refractivity contribution is 0.131. The second-order valence-corrected chi connectivity index (χ2v) is 5.50. The Morgan fingerprint density at radius 3 is 2.76 bits per heavy atom. The van der Waals surface area contributed by atoms with Gasteiger partial charge in [-0.25, -0.2) is 4.79 Å². The van der Waals surface area contributed by atoms with Crippen molar-refractivity contribution in [2.24, 2.45) is 0 Å². The molecular weight excluding hydrogens is 266 g/mol. The van der Waals surface area contributed by atoms with E-state index < -0.39 is 0 Å².